The molecule has 1 aromatic carbocycles. The lowest BCUT2D eigenvalue weighted by molar-refractivity contribution is -0.141. The number of alkyl halides is 3. The number of halogens is 3. The third-order valence-corrected chi connectivity index (χ3v) is 3.75. The largest absolute Gasteiger partial charge is 0.489 e. The summed E-state index contributed by atoms with van der Waals surface area (Å²) in [5, 5.41) is 8.94. The van der Waals surface area contributed by atoms with Gasteiger partial charge in [0, 0.05) is 26.3 Å². The summed E-state index contributed by atoms with van der Waals surface area (Å²) in [5.41, 5.74) is 0.139. The van der Waals surface area contributed by atoms with E-state index in [1.165, 1.54) is 0 Å². The zero-order valence-electron chi connectivity index (χ0n) is 16.5. The average molecular weight is 410 g/mol. The van der Waals surface area contributed by atoms with E-state index in [0.29, 0.717) is 25.6 Å². The van der Waals surface area contributed by atoms with Crippen molar-refractivity contribution in [3.8, 4) is 5.75 Å². The first-order valence-electron chi connectivity index (χ1n) is 9.10. The van der Waals surface area contributed by atoms with Crippen LogP contribution in [0, 0.1) is 6.92 Å². The Bertz CT molecular complexity index is 813. The fourth-order valence-corrected chi connectivity index (χ4v) is 2.38. The summed E-state index contributed by atoms with van der Waals surface area (Å²) in [6.07, 6.45) is -3.52. The maximum Gasteiger partial charge on any atom is 0.433 e. The smallest absolute Gasteiger partial charge is 0.433 e. The Hall–Kier alpha value is -3.04. The molecule has 7 nitrogen and oxygen atoms in total. The summed E-state index contributed by atoms with van der Waals surface area (Å²) in [6, 6.07) is 8.63. The zero-order valence-corrected chi connectivity index (χ0v) is 16.5. The van der Waals surface area contributed by atoms with E-state index in [0.717, 1.165) is 23.6 Å². The molecule has 0 saturated carbocycles. The second-order valence-corrected chi connectivity index (χ2v) is 6.31. The van der Waals surface area contributed by atoms with Crippen molar-refractivity contribution < 1.29 is 17.9 Å². The molecule has 0 spiro atoms. The van der Waals surface area contributed by atoms with Gasteiger partial charge >= 0.3 is 6.18 Å². The second kappa shape index (κ2) is 10.5. The summed E-state index contributed by atoms with van der Waals surface area (Å²) >= 11 is 0. The standard InChI is InChI=1S/C19H25F3N6O/c1-13-5-4-6-15(11-13)29-14(2)12-27-17(23-3)25-9-10-26-18-24-8-7-16(28-18)19(20,21)22/h4-8,11,14H,9-10,12H2,1-3H3,(H2,23,25,27)(H,24,26,28). The number of rotatable bonds is 8. The number of benzene rings is 1. The van der Waals surface area contributed by atoms with Gasteiger partial charge in [0.25, 0.3) is 0 Å². The molecule has 2 aromatic rings. The third-order valence-electron chi connectivity index (χ3n) is 3.75. The van der Waals surface area contributed by atoms with Gasteiger partial charge in [-0.25, -0.2) is 9.97 Å². The van der Waals surface area contributed by atoms with Gasteiger partial charge < -0.3 is 20.7 Å². The zero-order chi connectivity index (χ0) is 21.3. The normalized spacial score (nSPS) is 13.0. The average Bonchev–Trinajstić information content (AvgIpc) is 2.67. The Morgan fingerprint density at radius 2 is 2.00 bits per heavy atom. The van der Waals surface area contributed by atoms with Gasteiger partial charge in [0.15, 0.2) is 5.96 Å². The first-order chi connectivity index (χ1) is 13.8. The quantitative estimate of drug-likeness (QED) is 0.353. The molecule has 1 unspecified atom stereocenters. The molecular formula is C19H25F3N6O. The summed E-state index contributed by atoms with van der Waals surface area (Å²) in [6.45, 7) is 5.19. The van der Waals surface area contributed by atoms with Crippen LogP contribution in [-0.2, 0) is 6.18 Å². The van der Waals surface area contributed by atoms with Crippen LogP contribution in [-0.4, -0.2) is 48.7 Å². The highest BCUT2D eigenvalue weighted by molar-refractivity contribution is 5.79. The van der Waals surface area contributed by atoms with Gasteiger partial charge in [-0.05, 0) is 37.6 Å². The Morgan fingerprint density at radius 1 is 1.21 bits per heavy atom. The SMILES string of the molecule is CN=C(NCCNc1nccc(C(F)(F)F)n1)NCC(C)Oc1cccc(C)c1. The van der Waals surface area contributed by atoms with Gasteiger partial charge in [0.2, 0.25) is 5.95 Å². The predicted octanol–water partition coefficient (Wildman–Crippen LogP) is 2.85. The van der Waals surface area contributed by atoms with Crippen LogP contribution < -0.4 is 20.7 Å². The fourth-order valence-electron chi connectivity index (χ4n) is 2.38. The summed E-state index contributed by atoms with van der Waals surface area (Å²) < 4.78 is 43.8. The van der Waals surface area contributed by atoms with E-state index in [2.05, 4.69) is 30.9 Å². The molecule has 0 fully saturated rings. The minimum Gasteiger partial charge on any atom is -0.489 e. The molecule has 3 N–H and O–H groups in total. The Morgan fingerprint density at radius 3 is 2.69 bits per heavy atom. The summed E-state index contributed by atoms with van der Waals surface area (Å²) in [4.78, 5) is 11.3. The number of guanidine groups is 1. The molecule has 1 heterocycles. The minimum absolute atomic E-state index is 0.0789. The Labute approximate surface area is 167 Å². The van der Waals surface area contributed by atoms with Gasteiger partial charge in [-0.15, -0.1) is 0 Å². The number of hydrogen-bond acceptors (Lipinski definition) is 5. The van der Waals surface area contributed by atoms with Crippen LogP contribution in [0.5, 0.6) is 5.75 Å². The van der Waals surface area contributed by atoms with E-state index < -0.39 is 11.9 Å². The molecular weight excluding hydrogens is 385 g/mol. The van der Waals surface area contributed by atoms with Crippen LogP contribution in [0.1, 0.15) is 18.2 Å². The minimum atomic E-state index is -4.50. The predicted molar refractivity (Wildman–Crippen MR) is 106 cm³/mol. The van der Waals surface area contributed by atoms with Crippen LogP contribution >= 0.6 is 0 Å². The van der Waals surface area contributed by atoms with Crippen LogP contribution in [0.3, 0.4) is 0 Å². The first kappa shape index (κ1) is 22.3. The van der Waals surface area contributed by atoms with Crippen LogP contribution in [0.4, 0.5) is 19.1 Å². The molecule has 0 aliphatic rings. The van der Waals surface area contributed by atoms with Gasteiger partial charge in [0.05, 0.1) is 6.54 Å². The lowest BCUT2D eigenvalue weighted by atomic mass is 10.2. The molecule has 1 aromatic heterocycles. The number of nitrogens with zero attached hydrogens (tertiary/aromatic N) is 3. The number of nitrogens with one attached hydrogen (secondary N) is 3. The van der Waals surface area contributed by atoms with Crippen LogP contribution in [0.25, 0.3) is 0 Å². The van der Waals surface area contributed by atoms with E-state index in [1.807, 2.05) is 38.1 Å². The van der Waals surface area contributed by atoms with Crippen molar-refractivity contribution in [2.75, 3.05) is 32.0 Å². The van der Waals surface area contributed by atoms with Gasteiger partial charge in [-0.1, -0.05) is 12.1 Å². The fraction of sp³-hybridized carbons (Fsp3) is 0.421. The van der Waals surface area contributed by atoms with E-state index in [4.69, 9.17) is 4.74 Å². The maximum atomic E-state index is 12.7. The highest BCUT2D eigenvalue weighted by atomic mass is 19.4. The van der Waals surface area contributed by atoms with Crippen molar-refractivity contribution >= 4 is 11.9 Å². The van der Waals surface area contributed by atoms with E-state index in [9.17, 15) is 13.2 Å². The van der Waals surface area contributed by atoms with Crippen LogP contribution in [0.2, 0.25) is 0 Å². The molecule has 2 rings (SSSR count). The van der Waals surface area contributed by atoms with Gasteiger partial charge in [-0.2, -0.15) is 13.2 Å². The molecule has 0 bridgehead atoms. The number of aliphatic imine (C=N–C) groups is 1. The number of hydrogen-bond donors (Lipinski definition) is 3. The number of ether oxygens (including phenoxy) is 1. The maximum absolute atomic E-state index is 12.7. The van der Waals surface area contributed by atoms with Gasteiger partial charge in [-0.3, -0.25) is 4.99 Å². The monoisotopic (exact) mass is 410 g/mol. The van der Waals surface area contributed by atoms with Crippen molar-refractivity contribution in [2.45, 2.75) is 26.1 Å². The highest BCUT2D eigenvalue weighted by Gasteiger charge is 2.32. The number of anilines is 1. The third kappa shape index (κ3) is 7.84. The molecule has 1 atom stereocenters. The molecule has 0 saturated heterocycles. The molecule has 0 amide bonds. The van der Waals surface area contributed by atoms with Crippen LogP contribution in [0.15, 0.2) is 41.5 Å². The van der Waals surface area contributed by atoms with Crippen molar-refractivity contribution in [3.05, 3.63) is 47.8 Å². The molecule has 158 valence electrons. The molecule has 0 aliphatic heterocycles. The molecule has 0 aliphatic carbocycles. The van der Waals surface area contributed by atoms with E-state index >= 15 is 0 Å². The molecule has 29 heavy (non-hydrogen) atoms. The summed E-state index contributed by atoms with van der Waals surface area (Å²) in [5.74, 6) is 1.27. The van der Waals surface area contributed by atoms with E-state index in [-0.39, 0.29) is 12.1 Å². The lowest BCUT2D eigenvalue weighted by Crippen LogP contribution is -2.43. The van der Waals surface area contributed by atoms with Crippen molar-refractivity contribution in [1.29, 1.82) is 0 Å². The summed E-state index contributed by atoms with van der Waals surface area (Å²) in [7, 11) is 1.63. The second-order valence-electron chi connectivity index (χ2n) is 6.31. The van der Waals surface area contributed by atoms with Crippen molar-refractivity contribution in [1.82, 2.24) is 20.6 Å². The van der Waals surface area contributed by atoms with E-state index in [1.54, 1.807) is 7.05 Å². The van der Waals surface area contributed by atoms with Crippen molar-refractivity contribution in [2.24, 2.45) is 4.99 Å². The Balaban J connectivity index is 1.71. The molecule has 10 heteroatoms. The lowest BCUT2D eigenvalue weighted by Gasteiger charge is -2.18. The van der Waals surface area contributed by atoms with Gasteiger partial charge in [0.1, 0.15) is 17.5 Å². The molecule has 0 radical (unpaired) electrons. The van der Waals surface area contributed by atoms with Crippen molar-refractivity contribution in [3.63, 3.8) is 0 Å². The Kier molecular flexibility index (Phi) is 8.05. The number of aromatic nitrogens is 2. The number of aryl methyl sites for hydroxylation is 1. The first-order valence-corrected chi connectivity index (χ1v) is 9.10. The topological polar surface area (TPSA) is 83.5 Å². The highest BCUT2D eigenvalue weighted by Crippen LogP contribution is 2.27.